The minimum absolute atomic E-state index is 0.159. The van der Waals surface area contributed by atoms with Gasteiger partial charge in [-0.05, 0) is 47.4 Å². The smallest absolute Gasteiger partial charge is 0.243 e. The second-order valence-electron chi connectivity index (χ2n) is 7.51. The molecular formula is C24H23FN2O2S. The molecule has 1 aliphatic rings. The number of fused-ring (bicyclic) bond motifs is 1. The first-order valence-electron chi connectivity index (χ1n) is 9.96. The molecule has 0 radical (unpaired) electrons. The van der Waals surface area contributed by atoms with Crippen LogP contribution in [0.25, 0.3) is 10.8 Å². The van der Waals surface area contributed by atoms with Gasteiger partial charge in [0.05, 0.1) is 11.3 Å². The molecule has 0 bridgehead atoms. The van der Waals surface area contributed by atoms with Crippen LogP contribution in [-0.2, 0) is 16.0 Å². The van der Waals surface area contributed by atoms with E-state index in [-0.39, 0.29) is 28.9 Å². The summed E-state index contributed by atoms with van der Waals surface area (Å²) < 4.78 is 13.1. The van der Waals surface area contributed by atoms with E-state index in [2.05, 4.69) is 10.6 Å². The second-order valence-corrected chi connectivity index (χ2v) is 8.75. The van der Waals surface area contributed by atoms with Crippen LogP contribution in [0.1, 0.15) is 24.1 Å². The maximum atomic E-state index is 13.1. The summed E-state index contributed by atoms with van der Waals surface area (Å²) in [6, 6.07) is 19.5. The fourth-order valence-electron chi connectivity index (χ4n) is 3.74. The van der Waals surface area contributed by atoms with Gasteiger partial charge in [0.25, 0.3) is 0 Å². The molecule has 1 heterocycles. The molecule has 2 amide bonds. The van der Waals surface area contributed by atoms with E-state index in [1.165, 1.54) is 23.9 Å². The first-order chi connectivity index (χ1) is 14.5. The van der Waals surface area contributed by atoms with E-state index in [1.807, 2.05) is 49.4 Å². The number of hydrogen-bond donors (Lipinski definition) is 2. The van der Waals surface area contributed by atoms with Gasteiger partial charge in [-0.2, -0.15) is 0 Å². The van der Waals surface area contributed by atoms with Crippen molar-refractivity contribution in [2.24, 2.45) is 0 Å². The fourth-order valence-corrected chi connectivity index (χ4v) is 4.93. The van der Waals surface area contributed by atoms with E-state index in [4.69, 9.17) is 0 Å². The number of nitrogens with one attached hydrogen (secondary N) is 2. The lowest BCUT2D eigenvalue weighted by Crippen LogP contribution is -2.54. The Morgan fingerprint density at radius 1 is 1.13 bits per heavy atom. The van der Waals surface area contributed by atoms with Crippen LogP contribution in [0.5, 0.6) is 0 Å². The standard InChI is InChI=1S/C24H23FN2O2S/c1-15(19-8-4-6-17-5-2-3-7-20(17)19)26-23(28)21-14-30-22(24(29)27-21)13-16-9-11-18(25)12-10-16/h2-12,15,21-22H,13-14H2,1H3,(H,26,28)(H,27,29). The molecule has 1 fully saturated rings. The number of carbonyl (C=O) groups is 2. The third-order valence-electron chi connectivity index (χ3n) is 5.37. The summed E-state index contributed by atoms with van der Waals surface area (Å²) in [4.78, 5) is 25.3. The molecule has 1 saturated heterocycles. The van der Waals surface area contributed by atoms with Gasteiger partial charge < -0.3 is 10.6 Å². The van der Waals surface area contributed by atoms with E-state index in [9.17, 15) is 14.0 Å². The third kappa shape index (κ3) is 4.49. The Labute approximate surface area is 179 Å². The summed E-state index contributed by atoms with van der Waals surface area (Å²) in [5.74, 6) is -0.132. The first kappa shape index (κ1) is 20.4. The number of thioether (sulfide) groups is 1. The molecule has 2 N–H and O–H groups in total. The Hall–Kier alpha value is -2.86. The molecule has 1 aliphatic heterocycles. The summed E-state index contributed by atoms with van der Waals surface area (Å²) >= 11 is 1.47. The average molecular weight is 423 g/mol. The number of rotatable bonds is 5. The first-order valence-corrected chi connectivity index (χ1v) is 11.0. The molecule has 3 atom stereocenters. The molecule has 0 spiro atoms. The third-order valence-corrected chi connectivity index (χ3v) is 6.68. The van der Waals surface area contributed by atoms with Crippen LogP contribution in [0.3, 0.4) is 0 Å². The molecule has 3 aromatic carbocycles. The maximum Gasteiger partial charge on any atom is 0.243 e. The largest absolute Gasteiger partial charge is 0.348 e. The van der Waals surface area contributed by atoms with Gasteiger partial charge in [0.2, 0.25) is 11.8 Å². The summed E-state index contributed by atoms with van der Waals surface area (Å²) in [5.41, 5.74) is 1.95. The number of hydrogen-bond acceptors (Lipinski definition) is 3. The van der Waals surface area contributed by atoms with Crippen molar-refractivity contribution in [3.8, 4) is 0 Å². The van der Waals surface area contributed by atoms with Crippen LogP contribution in [0.4, 0.5) is 4.39 Å². The van der Waals surface area contributed by atoms with Gasteiger partial charge in [-0.15, -0.1) is 11.8 Å². The van der Waals surface area contributed by atoms with Gasteiger partial charge >= 0.3 is 0 Å². The highest BCUT2D eigenvalue weighted by Gasteiger charge is 2.33. The lowest BCUT2D eigenvalue weighted by atomic mass is 9.99. The molecule has 154 valence electrons. The van der Waals surface area contributed by atoms with E-state index in [1.54, 1.807) is 12.1 Å². The van der Waals surface area contributed by atoms with Gasteiger partial charge in [-0.25, -0.2) is 4.39 Å². The Balaban J connectivity index is 1.37. The molecule has 0 aromatic heterocycles. The minimum Gasteiger partial charge on any atom is -0.348 e. The average Bonchev–Trinajstić information content (AvgIpc) is 2.76. The summed E-state index contributed by atoms with van der Waals surface area (Å²) in [7, 11) is 0. The summed E-state index contributed by atoms with van der Waals surface area (Å²) in [5, 5.41) is 7.84. The van der Waals surface area contributed by atoms with Crippen LogP contribution in [0.15, 0.2) is 66.7 Å². The van der Waals surface area contributed by atoms with Gasteiger partial charge in [0.1, 0.15) is 11.9 Å². The second kappa shape index (κ2) is 8.88. The van der Waals surface area contributed by atoms with Crippen LogP contribution in [0, 0.1) is 5.82 Å². The van der Waals surface area contributed by atoms with Gasteiger partial charge in [0, 0.05) is 5.75 Å². The van der Waals surface area contributed by atoms with E-state index < -0.39 is 6.04 Å². The number of carbonyl (C=O) groups excluding carboxylic acids is 2. The molecular weight excluding hydrogens is 399 g/mol. The van der Waals surface area contributed by atoms with Crippen molar-refractivity contribution in [2.45, 2.75) is 30.7 Å². The number of amides is 2. The van der Waals surface area contributed by atoms with Gasteiger partial charge in [0.15, 0.2) is 0 Å². The lowest BCUT2D eigenvalue weighted by Gasteiger charge is -2.29. The highest BCUT2D eigenvalue weighted by Crippen LogP contribution is 2.25. The van der Waals surface area contributed by atoms with Gasteiger partial charge in [-0.1, -0.05) is 54.6 Å². The van der Waals surface area contributed by atoms with Crippen LogP contribution in [0.2, 0.25) is 0 Å². The highest BCUT2D eigenvalue weighted by atomic mass is 32.2. The van der Waals surface area contributed by atoms with E-state index in [0.29, 0.717) is 12.2 Å². The van der Waals surface area contributed by atoms with Crippen LogP contribution >= 0.6 is 11.8 Å². The predicted molar refractivity (Wildman–Crippen MR) is 119 cm³/mol. The van der Waals surface area contributed by atoms with Crippen molar-refractivity contribution in [1.82, 2.24) is 10.6 Å². The summed E-state index contributed by atoms with van der Waals surface area (Å²) in [6.45, 7) is 1.95. The monoisotopic (exact) mass is 422 g/mol. The molecule has 3 aromatic rings. The van der Waals surface area contributed by atoms with E-state index in [0.717, 1.165) is 21.9 Å². The zero-order valence-corrected chi connectivity index (χ0v) is 17.4. The fraction of sp³-hybridized carbons (Fsp3) is 0.250. The van der Waals surface area contributed by atoms with Gasteiger partial charge in [-0.3, -0.25) is 9.59 Å². The minimum atomic E-state index is -0.565. The van der Waals surface area contributed by atoms with Crippen molar-refractivity contribution < 1.29 is 14.0 Å². The molecule has 6 heteroatoms. The van der Waals surface area contributed by atoms with Crippen molar-refractivity contribution >= 4 is 34.3 Å². The lowest BCUT2D eigenvalue weighted by molar-refractivity contribution is -0.129. The Morgan fingerprint density at radius 2 is 1.87 bits per heavy atom. The molecule has 4 nitrogen and oxygen atoms in total. The van der Waals surface area contributed by atoms with Crippen molar-refractivity contribution in [2.75, 3.05) is 5.75 Å². The molecule has 4 rings (SSSR count). The van der Waals surface area contributed by atoms with Crippen molar-refractivity contribution in [1.29, 1.82) is 0 Å². The highest BCUT2D eigenvalue weighted by molar-refractivity contribution is 8.00. The zero-order valence-electron chi connectivity index (χ0n) is 16.6. The number of halogens is 1. The quantitative estimate of drug-likeness (QED) is 0.654. The number of benzene rings is 3. The Bertz CT molecular complexity index is 1060. The zero-order chi connectivity index (χ0) is 21.1. The Morgan fingerprint density at radius 3 is 2.63 bits per heavy atom. The topological polar surface area (TPSA) is 58.2 Å². The predicted octanol–water partition coefficient (Wildman–Crippen LogP) is 4.00. The van der Waals surface area contributed by atoms with Crippen molar-refractivity contribution in [3.05, 3.63) is 83.7 Å². The molecule has 3 unspecified atom stereocenters. The Kier molecular flexibility index (Phi) is 6.04. The summed E-state index contributed by atoms with van der Waals surface area (Å²) in [6.07, 6.45) is 0.511. The SMILES string of the molecule is CC(NC(=O)C1CSC(Cc2ccc(F)cc2)C(=O)N1)c1cccc2ccccc12. The molecule has 0 aliphatic carbocycles. The maximum absolute atomic E-state index is 13.1. The van der Waals surface area contributed by atoms with Crippen LogP contribution in [-0.4, -0.2) is 28.9 Å². The normalized spacial score (nSPS) is 19.9. The molecule has 30 heavy (non-hydrogen) atoms. The van der Waals surface area contributed by atoms with Crippen molar-refractivity contribution in [3.63, 3.8) is 0 Å². The van der Waals surface area contributed by atoms with E-state index >= 15 is 0 Å². The molecule has 0 saturated carbocycles. The van der Waals surface area contributed by atoms with Crippen LogP contribution < -0.4 is 10.6 Å².